The maximum Gasteiger partial charge on any atom is 0.163 e. The molecule has 0 aliphatic heterocycles. The number of hydrogen-bond acceptors (Lipinski definition) is 6. The predicted octanol–water partition coefficient (Wildman–Crippen LogP) is 5.78. The Morgan fingerprint density at radius 3 is 2.41 bits per heavy atom. The van der Waals surface area contributed by atoms with Crippen LogP contribution < -0.4 is 20.9 Å². The highest BCUT2D eigenvalue weighted by Gasteiger charge is 2.29. The number of halogens is 1. The fraction of sp³-hybridized carbons (Fsp3) is 0.400. The summed E-state index contributed by atoms with van der Waals surface area (Å²) in [5.41, 5.74) is 15.6. The molecule has 1 aromatic heterocycles. The lowest BCUT2D eigenvalue weighted by atomic mass is 9.86. The molecule has 196 valence electrons. The van der Waals surface area contributed by atoms with Crippen LogP contribution >= 0.6 is 0 Å². The molecule has 1 saturated carbocycles. The first-order valence-corrected chi connectivity index (χ1v) is 12.6. The molecular weight excluding hydrogens is 469 g/mol. The van der Waals surface area contributed by atoms with Crippen LogP contribution in [0.25, 0.3) is 11.3 Å². The Morgan fingerprint density at radius 1 is 1.05 bits per heavy atom. The number of aryl methyl sites for hydroxylation is 1. The van der Waals surface area contributed by atoms with Gasteiger partial charge in [0.25, 0.3) is 0 Å². The van der Waals surface area contributed by atoms with E-state index in [9.17, 15) is 9.18 Å². The van der Waals surface area contributed by atoms with Gasteiger partial charge in [-0.15, -0.1) is 0 Å². The molecule has 37 heavy (non-hydrogen) atoms. The van der Waals surface area contributed by atoms with Gasteiger partial charge in [-0.2, -0.15) is 0 Å². The van der Waals surface area contributed by atoms with Crippen molar-refractivity contribution in [1.29, 1.82) is 0 Å². The van der Waals surface area contributed by atoms with Crippen LogP contribution in [0, 0.1) is 12.7 Å². The molecule has 2 aromatic carbocycles. The van der Waals surface area contributed by atoms with E-state index >= 15 is 0 Å². The molecule has 3 aromatic rings. The van der Waals surface area contributed by atoms with Crippen molar-refractivity contribution in [3.63, 3.8) is 0 Å². The van der Waals surface area contributed by atoms with Crippen LogP contribution in [0.2, 0.25) is 0 Å². The van der Waals surface area contributed by atoms with Crippen LogP contribution in [-0.4, -0.2) is 24.0 Å². The van der Waals surface area contributed by atoms with Gasteiger partial charge in [0.15, 0.2) is 17.3 Å². The van der Waals surface area contributed by atoms with Gasteiger partial charge in [-0.3, -0.25) is 9.78 Å². The first-order valence-electron chi connectivity index (χ1n) is 12.6. The van der Waals surface area contributed by atoms with Gasteiger partial charge in [-0.25, -0.2) is 4.39 Å². The van der Waals surface area contributed by atoms with Gasteiger partial charge in [0.05, 0.1) is 30.1 Å². The van der Waals surface area contributed by atoms with Crippen LogP contribution in [0.4, 0.5) is 4.39 Å². The second kappa shape index (κ2) is 10.2. The van der Waals surface area contributed by atoms with Gasteiger partial charge in [-0.05, 0) is 107 Å². The minimum absolute atomic E-state index is 0.0439. The lowest BCUT2D eigenvalue weighted by Gasteiger charge is -2.28. The van der Waals surface area contributed by atoms with Gasteiger partial charge in [-0.1, -0.05) is 0 Å². The lowest BCUT2D eigenvalue weighted by Crippen LogP contribution is -2.36. The molecule has 1 fully saturated rings. The second-order valence-electron chi connectivity index (χ2n) is 10.8. The normalized spacial score (nSPS) is 15.2. The molecule has 0 amide bonds. The average molecular weight is 506 g/mol. The Kier molecular flexibility index (Phi) is 7.40. The highest BCUT2D eigenvalue weighted by Crippen LogP contribution is 2.35. The fourth-order valence-electron chi connectivity index (χ4n) is 4.10. The average Bonchev–Trinajstić information content (AvgIpc) is 3.67. The minimum atomic E-state index is -0.903. The fourth-order valence-corrected chi connectivity index (χ4v) is 4.10. The number of nitrogens with two attached hydrogens (primary N) is 2. The van der Waals surface area contributed by atoms with Crippen molar-refractivity contribution >= 4 is 5.78 Å². The molecule has 1 heterocycles. The summed E-state index contributed by atoms with van der Waals surface area (Å²) < 4.78 is 25.2. The SMILES string of the molecule is COc1cc(C(=O)CCC(C)(N)c2cc(C(C)(C)N)cc(-c3ccc(F)c(C)c3)n2)ccc1OC1CC1. The Labute approximate surface area is 218 Å². The van der Waals surface area contributed by atoms with Crippen LogP contribution in [0.1, 0.15) is 73.6 Å². The number of methoxy groups -OCH3 is 1. The van der Waals surface area contributed by atoms with Crippen LogP contribution in [0.15, 0.2) is 48.5 Å². The lowest BCUT2D eigenvalue weighted by molar-refractivity contribution is 0.0970. The van der Waals surface area contributed by atoms with Crippen molar-refractivity contribution in [2.45, 2.75) is 70.6 Å². The van der Waals surface area contributed by atoms with Crippen molar-refractivity contribution in [3.8, 4) is 22.8 Å². The molecule has 1 unspecified atom stereocenters. The second-order valence-corrected chi connectivity index (χ2v) is 10.8. The minimum Gasteiger partial charge on any atom is -0.493 e. The van der Waals surface area contributed by atoms with Crippen LogP contribution in [0.5, 0.6) is 11.5 Å². The van der Waals surface area contributed by atoms with E-state index in [2.05, 4.69) is 0 Å². The standard InChI is InChI=1S/C30H36FN3O3/c1-18-14-19(6-10-23(18)31)24-16-21(29(2,3)32)17-28(34-24)30(4,33)13-12-25(35)20-7-11-26(27(15-20)36-5)37-22-8-9-22/h6-7,10-11,14-17,22H,8-9,12-13,32-33H2,1-5H3. The smallest absolute Gasteiger partial charge is 0.163 e. The highest BCUT2D eigenvalue weighted by molar-refractivity contribution is 5.96. The number of Topliss-reactive ketones (excluding diaryl/α,β-unsaturated/α-hetero) is 1. The van der Waals surface area contributed by atoms with E-state index < -0.39 is 11.1 Å². The van der Waals surface area contributed by atoms with Crippen molar-refractivity contribution in [2.24, 2.45) is 11.5 Å². The third kappa shape index (κ3) is 6.35. The van der Waals surface area contributed by atoms with E-state index in [1.165, 1.54) is 6.07 Å². The molecule has 4 N–H and O–H groups in total. The number of hydrogen-bond donors (Lipinski definition) is 2. The molecule has 6 nitrogen and oxygen atoms in total. The quantitative estimate of drug-likeness (QED) is 0.339. The van der Waals surface area contributed by atoms with Crippen molar-refractivity contribution in [1.82, 2.24) is 4.98 Å². The van der Waals surface area contributed by atoms with Crippen LogP contribution in [-0.2, 0) is 11.1 Å². The Bertz CT molecular complexity index is 1310. The maximum absolute atomic E-state index is 13.9. The van der Waals surface area contributed by atoms with Gasteiger partial charge in [0.1, 0.15) is 5.82 Å². The van der Waals surface area contributed by atoms with Crippen molar-refractivity contribution < 1.29 is 18.7 Å². The summed E-state index contributed by atoms with van der Waals surface area (Å²) in [7, 11) is 1.57. The zero-order valence-electron chi connectivity index (χ0n) is 22.2. The van der Waals surface area contributed by atoms with E-state index in [1.54, 1.807) is 44.4 Å². The molecule has 0 spiro atoms. The van der Waals surface area contributed by atoms with E-state index in [0.717, 1.165) is 24.0 Å². The number of aromatic nitrogens is 1. The monoisotopic (exact) mass is 505 g/mol. The van der Waals surface area contributed by atoms with E-state index in [0.29, 0.717) is 40.4 Å². The molecule has 0 radical (unpaired) electrons. The highest BCUT2D eigenvalue weighted by atomic mass is 19.1. The number of carbonyl (C=O) groups excluding carboxylic acids is 1. The van der Waals surface area contributed by atoms with Crippen LogP contribution in [0.3, 0.4) is 0 Å². The number of benzene rings is 2. The zero-order chi connectivity index (χ0) is 27.0. The zero-order valence-corrected chi connectivity index (χ0v) is 22.2. The molecule has 1 aliphatic carbocycles. The molecule has 4 rings (SSSR count). The molecule has 0 saturated heterocycles. The number of ketones is 1. The first-order chi connectivity index (χ1) is 17.4. The summed E-state index contributed by atoms with van der Waals surface area (Å²) >= 11 is 0. The summed E-state index contributed by atoms with van der Waals surface area (Å²) in [5, 5.41) is 0. The number of ether oxygens (including phenoxy) is 2. The topological polar surface area (TPSA) is 100 Å². The Morgan fingerprint density at radius 2 is 1.78 bits per heavy atom. The van der Waals surface area contributed by atoms with Gasteiger partial charge in [0, 0.05) is 23.1 Å². The number of nitrogens with zero attached hydrogens (tertiary/aromatic N) is 1. The molecule has 0 bridgehead atoms. The number of carbonyl (C=O) groups is 1. The molecular formula is C30H36FN3O3. The number of pyridine rings is 1. The third-order valence-corrected chi connectivity index (χ3v) is 6.78. The largest absolute Gasteiger partial charge is 0.493 e. The van der Waals surface area contributed by atoms with E-state index in [-0.39, 0.29) is 24.1 Å². The summed E-state index contributed by atoms with van der Waals surface area (Å²) in [6.07, 6.45) is 2.91. The van der Waals surface area contributed by atoms with E-state index in [1.807, 2.05) is 32.9 Å². The van der Waals surface area contributed by atoms with Gasteiger partial charge in [0.2, 0.25) is 0 Å². The summed E-state index contributed by atoms with van der Waals surface area (Å²) in [5.74, 6) is 0.883. The van der Waals surface area contributed by atoms with Gasteiger partial charge >= 0.3 is 0 Å². The first kappa shape index (κ1) is 26.8. The Hall–Kier alpha value is -3.29. The van der Waals surface area contributed by atoms with Gasteiger partial charge < -0.3 is 20.9 Å². The summed E-state index contributed by atoms with van der Waals surface area (Å²) in [6, 6.07) is 14.0. The van der Waals surface area contributed by atoms with E-state index in [4.69, 9.17) is 25.9 Å². The van der Waals surface area contributed by atoms with Crippen molar-refractivity contribution in [2.75, 3.05) is 7.11 Å². The molecule has 1 atom stereocenters. The molecule has 1 aliphatic rings. The summed E-state index contributed by atoms with van der Waals surface area (Å²) in [6.45, 7) is 7.40. The third-order valence-electron chi connectivity index (χ3n) is 6.78. The molecule has 7 heteroatoms. The Balaban J connectivity index is 1.58. The summed E-state index contributed by atoms with van der Waals surface area (Å²) in [4.78, 5) is 17.9. The maximum atomic E-state index is 13.9. The predicted molar refractivity (Wildman–Crippen MR) is 143 cm³/mol. The number of rotatable bonds is 10. The van der Waals surface area contributed by atoms with Crippen molar-refractivity contribution in [3.05, 3.63) is 76.7 Å².